The van der Waals surface area contributed by atoms with Crippen LogP contribution in [0.5, 0.6) is 0 Å². The minimum absolute atomic E-state index is 0.163. The van der Waals surface area contributed by atoms with Gasteiger partial charge >= 0.3 is 6.09 Å². The monoisotopic (exact) mass is 459 g/mol. The van der Waals surface area contributed by atoms with Crippen LogP contribution in [0.4, 0.5) is 4.79 Å². The summed E-state index contributed by atoms with van der Waals surface area (Å²) in [7, 11) is 0. The van der Waals surface area contributed by atoms with E-state index < -0.39 is 41.3 Å². The molecule has 3 atom stereocenters. The fraction of sp³-hybridized carbons (Fsp3) is 0.778. The van der Waals surface area contributed by atoms with Crippen LogP contribution in [-0.4, -0.2) is 78.4 Å². The fourth-order valence-corrected chi connectivity index (χ4v) is 2.99. The van der Waals surface area contributed by atoms with Gasteiger partial charge in [-0.15, -0.1) is 0 Å². The minimum atomic E-state index is -0.904. The van der Waals surface area contributed by atoms with Crippen LogP contribution in [0.2, 0.25) is 0 Å². The summed E-state index contributed by atoms with van der Waals surface area (Å²) < 4.78 is 10.6. The number of amides is 3. The topological polar surface area (TPSA) is 191 Å². The molecule has 1 fully saturated rings. The van der Waals surface area contributed by atoms with Gasteiger partial charge in [0.05, 0.1) is 12.6 Å². The van der Waals surface area contributed by atoms with Crippen LogP contribution in [0, 0.1) is 16.0 Å². The predicted molar refractivity (Wildman–Crippen MR) is 114 cm³/mol. The lowest BCUT2D eigenvalue weighted by molar-refractivity contribution is -0.486. The number of likely N-dealkylation sites (tertiary alicyclic amines) is 1. The van der Waals surface area contributed by atoms with Crippen molar-refractivity contribution in [3.8, 4) is 0 Å². The smallest absolute Gasteiger partial charge is 0.407 e. The van der Waals surface area contributed by atoms with Gasteiger partial charge in [-0.3, -0.25) is 9.59 Å². The van der Waals surface area contributed by atoms with Gasteiger partial charge in [-0.2, -0.15) is 0 Å². The molecule has 182 valence electrons. The standard InChI is InChI=1S/C18H33N7O7/c1-5-31-16-13(7-6-8-24(16)17(19)23-25(29)30)22-15(27)12(4)21-14(26)9-20-18(28)32-10-11(2)3/h11-13,16H,5-10H2,1-4H3,(H2,19,23)(H,20,28)(H,21,26)(H,22,27)/t12-,13-,16?/m0/s1. The molecule has 14 heteroatoms. The lowest BCUT2D eigenvalue weighted by atomic mass is 10.0. The molecule has 0 spiro atoms. The third-order valence-electron chi connectivity index (χ3n) is 4.42. The van der Waals surface area contributed by atoms with Crippen LogP contribution in [0.3, 0.4) is 0 Å². The SMILES string of the molecule is CCOC1[C@@H](NC(=O)[C@H](C)NC(=O)CNC(=O)OCC(C)C)CCCN1/C(N)=N\[N+](=O)[O-]. The summed E-state index contributed by atoms with van der Waals surface area (Å²) in [5, 5.41) is 20.5. The highest BCUT2D eigenvalue weighted by molar-refractivity contribution is 5.89. The fourth-order valence-electron chi connectivity index (χ4n) is 2.99. The van der Waals surface area contributed by atoms with Crippen molar-refractivity contribution in [3.63, 3.8) is 0 Å². The second-order valence-corrected chi connectivity index (χ2v) is 7.63. The van der Waals surface area contributed by atoms with E-state index in [-0.39, 0.29) is 31.6 Å². The minimum Gasteiger partial charge on any atom is -0.449 e. The first-order valence-corrected chi connectivity index (χ1v) is 10.4. The van der Waals surface area contributed by atoms with Gasteiger partial charge < -0.3 is 36.1 Å². The van der Waals surface area contributed by atoms with Crippen molar-refractivity contribution in [2.24, 2.45) is 16.8 Å². The largest absolute Gasteiger partial charge is 0.449 e. The molecule has 1 aliphatic rings. The molecule has 1 saturated heterocycles. The molecule has 1 unspecified atom stereocenters. The third-order valence-corrected chi connectivity index (χ3v) is 4.42. The summed E-state index contributed by atoms with van der Waals surface area (Å²) in [5.41, 5.74) is 5.72. The van der Waals surface area contributed by atoms with Crippen molar-refractivity contribution in [3.05, 3.63) is 10.1 Å². The first-order valence-electron chi connectivity index (χ1n) is 10.4. The van der Waals surface area contributed by atoms with Crippen LogP contribution < -0.4 is 21.7 Å². The van der Waals surface area contributed by atoms with Crippen molar-refractivity contribution < 1.29 is 28.9 Å². The van der Waals surface area contributed by atoms with Gasteiger partial charge in [0.15, 0.2) is 11.3 Å². The Morgan fingerprint density at radius 2 is 2.00 bits per heavy atom. The zero-order valence-electron chi connectivity index (χ0n) is 18.8. The van der Waals surface area contributed by atoms with Crippen molar-refractivity contribution in [2.45, 2.75) is 58.8 Å². The van der Waals surface area contributed by atoms with Gasteiger partial charge in [0, 0.05) is 13.2 Å². The average molecular weight is 460 g/mol. The number of nitro groups is 1. The zero-order chi connectivity index (χ0) is 24.3. The summed E-state index contributed by atoms with van der Waals surface area (Å²) >= 11 is 0. The molecule has 0 aromatic carbocycles. The number of rotatable bonds is 10. The molecule has 32 heavy (non-hydrogen) atoms. The second-order valence-electron chi connectivity index (χ2n) is 7.63. The van der Waals surface area contributed by atoms with Gasteiger partial charge in [-0.05, 0) is 32.6 Å². The Balaban J connectivity index is 2.63. The first kappa shape index (κ1) is 26.9. The van der Waals surface area contributed by atoms with Gasteiger partial charge in [-0.1, -0.05) is 13.8 Å². The number of nitrogens with zero attached hydrogens (tertiary/aromatic N) is 3. The Morgan fingerprint density at radius 3 is 2.59 bits per heavy atom. The van der Waals surface area contributed by atoms with Crippen molar-refractivity contribution in [1.29, 1.82) is 0 Å². The molecule has 1 heterocycles. The number of hydrazone groups is 1. The molecular formula is C18H33N7O7. The maximum Gasteiger partial charge on any atom is 0.407 e. The van der Waals surface area contributed by atoms with Gasteiger partial charge in [0.2, 0.25) is 11.8 Å². The number of guanidine groups is 1. The quantitative estimate of drug-likeness (QED) is 0.142. The number of hydrogen-bond acceptors (Lipinski definition) is 7. The van der Waals surface area contributed by atoms with E-state index in [2.05, 4.69) is 21.1 Å². The molecular weight excluding hydrogens is 426 g/mol. The summed E-state index contributed by atoms with van der Waals surface area (Å²) in [5.74, 6) is -1.20. The Hall–Kier alpha value is -3.16. The Morgan fingerprint density at radius 1 is 1.31 bits per heavy atom. The van der Waals surface area contributed by atoms with Crippen molar-refractivity contribution >= 4 is 23.9 Å². The normalized spacial score (nSPS) is 19.8. The Kier molecular flexibility index (Phi) is 11.2. The highest BCUT2D eigenvalue weighted by Crippen LogP contribution is 2.19. The molecule has 0 saturated carbocycles. The molecule has 0 bridgehead atoms. The van der Waals surface area contributed by atoms with E-state index in [0.29, 0.717) is 19.4 Å². The Labute approximate surface area is 186 Å². The summed E-state index contributed by atoms with van der Waals surface area (Å²) in [6.07, 6.45) is -0.336. The number of carbonyl (C=O) groups is 3. The van der Waals surface area contributed by atoms with Crippen LogP contribution in [0.15, 0.2) is 5.10 Å². The number of hydrogen-bond donors (Lipinski definition) is 4. The van der Waals surface area contributed by atoms with Crippen LogP contribution in [0.25, 0.3) is 0 Å². The lowest BCUT2D eigenvalue weighted by Gasteiger charge is -2.41. The molecule has 14 nitrogen and oxygen atoms in total. The molecule has 1 aliphatic heterocycles. The summed E-state index contributed by atoms with van der Waals surface area (Å²) in [6.45, 7) is 7.54. The third kappa shape index (κ3) is 9.32. The van der Waals surface area contributed by atoms with Gasteiger partial charge in [0.1, 0.15) is 17.7 Å². The zero-order valence-corrected chi connectivity index (χ0v) is 18.8. The van der Waals surface area contributed by atoms with E-state index in [1.807, 2.05) is 13.8 Å². The van der Waals surface area contributed by atoms with Crippen LogP contribution in [-0.2, 0) is 19.1 Å². The first-order chi connectivity index (χ1) is 15.0. The Bertz CT molecular complexity index is 701. The van der Waals surface area contributed by atoms with E-state index in [1.165, 1.54) is 11.8 Å². The highest BCUT2D eigenvalue weighted by atomic mass is 16.7. The molecule has 0 aliphatic carbocycles. The van der Waals surface area contributed by atoms with E-state index >= 15 is 0 Å². The molecule has 1 rings (SSSR count). The summed E-state index contributed by atoms with van der Waals surface area (Å²) in [4.78, 5) is 48.2. The average Bonchev–Trinajstić information content (AvgIpc) is 2.71. The number of alkyl carbamates (subject to hydrolysis) is 1. The maximum atomic E-state index is 12.6. The van der Waals surface area contributed by atoms with E-state index in [4.69, 9.17) is 15.2 Å². The van der Waals surface area contributed by atoms with E-state index in [1.54, 1.807) is 6.92 Å². The molecule has 3 amide bonds. The van der Waals surface area contributed by atoms with Gasteiger partial charge in [-0.25, -0.2) is 14.9 Å². The van der Waals surface area contributed by atoms with Crippen LogP contribution >= 0.6 is 0 Å². The number of nitrogens with one attached hydrogen (secondary N) is 3. The summed E-state index contributed by atoms with van der Waals surface area (Å²) in [6, 6.07) is -1.43. The van der Waals surface area contributed by atoms with E-state index in [0.717, 1.165) is 0 Å². The number of nitrogens with two attached hydrogens (primary N) is 1. The van der Waals surface area contributed by atoms with Crippen molar-refractivity contribution in [1.82, 2.24) is 20.9 Å². The predicted octanol–water partition coefficient (Wildman–Crippen LogP) is -0.677. The number of piperidine rings is 1. The molecule has 0 aromatic rings. The van der Waals surface area contributed by atoms with E-state index in [9.17, 15) is 24.5 Å². The number of ether oxygens (including phenoxy) is 2. The molecule has 0 radical (unpaired) electrons. The second kappa shape index (κ2) is 13.3. The van der Waals surface area contributed by atoms with Gasteiger partial charge in [0.25, 0.3) is 5.96 Å². The van der Waals surface area contributed by atoms with Crippen LogP contribution in [0.1, 0.15) is 40.5 Å². The van der Waals surface area contributed by atoms with Crippen molar-refractivity contribution in [2.75, 3.05) is 26.3 Å². The highest BCUT2D eigenvalue weighted by Gasteiger charge is 2.36. The number of carbonyl (C=O) groups excluding carboxylic acids is 3. The maximum absolute atomic E-state index is 12.6. The lowest BCUT2D eigenvalue weighted by Crippen LogP contribution is -2.61. The molecule has 0 aromatic heterocycles. The molecule has 5 N–H and O–H groups in total.